The number of nitrogens with zero attached hydrogens (tertiary/aromatic N) is 17. The van der Waals surface area contributed by atoms with Gasteiger partial charge in [-0.3, -0.25) is 56.0 Å². The Kier molecular flexibility index (Phi) is 46.0. The number of hydrogen-bond acceptors (Lipinski definition) is 31. The summed E-state index contributed by atoms with van der Waals surface area (Å²) in [5.41, 5.74) is 6.14. The van der Waals surface area contributed by atoms with Crippen LogP contribution in [0.25, 0.3) is 33.5 Å². The van der Waals surface area contributed by atoms with E-state index in [1.165, 1.54) is 65.3 Å². The molecule has 12 aromatic rings. The first-order valence-electron chi connectivity index (χ1n) is 34.9. The minimum Gasteiger partial charge on any atom is -1.00 e. The molecule has 35 nitrogen and oxygen atoms in total. The van der Waals surface area contributed by atoms with Crippen LogP contribution < -0.4 is 52.6 Å². The fourth-order valence-corrected chi connectivity index (χ4v) is 16.7. The molecule has 0 radical (unpaired) electrons. The Labute approximate surface area is 734 Å². The number of carbonyl (C=O) groups excluding carboxylic acids is 1. The number of esters is 1. The number of carbonyl (C=O) groups is 2. The molecule has 0 atom stereocenters. The quantitative estimate of drug-likeness (QED) is 0.0466. The molecular weight excluding hydrogens is 1730 g/mol. The van der Waals surface area contributed by atoms with E-state index < -0.39 is 36.6 Å². The maximum Gasteiger partial charge on any atom is 1.00 e. The van der Waals surface area contributed by atoms with Gasteiger partial charge in [0.25, 0.3) is 26.8 Å². The number of ether oxygens (including phenoxy) is 2. The first kappa shape index (κ1) is 106. The summed E-state index contributed by atoms with van der Waals surface area (Å²) in [6, 6.07) is 0. The van der Waals surface area contributed by atoms with Gasteiger partial charge in [0.05, 0.1) is 116 Å². The van der Waals surface area contributed by atoms with Gasteiger partial charge in [0.15, 0.2) is 50.9 Å². The van der Waals surface area contributed by atoms with E-state index in [0.29, 0.717) is 72.3 Å². The topological polar surface area (TPSA) is 447 Å². The molecule has 0 unspecified atom stereocenters. The molecule has 0 spiro atoms. The Morgan fingerprint density at radius 1 is 0.538 bits per heavy atom. The number of aryl methyl sites for hydroxylation is 20. The molecule has 47 heteroatoms. The Balaban J connectivity index is 0.000000682. The zero-order valence-electron chi connectivity index (χ0n) is 69.8. The first-order chi connectivity index (χ1) is 54.0. The third kappa shape index (κ3) is 32.7. The molecule has 13 rings (SSSR count). The van der Waals surface area contributed by atoms with Gasteiger partial charge in [0, 0.05) is 159 Å². The van der Waals surface area contributed by atoms with E-state index in [-0.39, 0.29) is 85.8 Å². The van der Waals surface area contributed by atoms with Crippen LogP contribution in [0.1, 0.15) is 108 Å². The summed E-state index contributed by atoms with van der Waals surface area (Å²) in [6.07, 6.45) is 11.2. The van der Waals surface area contributed by atoms with Gasteiger partial charge in [-0.25, -0.2) is 63.4 Å². The number of fused-ring (bicyclic) bond motifs is 3. The van der Waals surface area contributed by atoms with Crippen LogP contribution in [-0.4, -0.2) is 191 Å². The second kappa shape index (κ2) is 50.8. The van der Waals surface area contributed by atoms with Crippen molar-refractivity contribution < 1.29 is 71.5 Å². The molecule has 0 aliphatic carbocycles. The summed E-state index contributed by atoms with van der Waals surface area (Å²) < 4.78 is 56.2. The summed E-state index contributed by atoms with van der Waals surface area (Å²) in [7, 11) is 16.5. The molecule has 0 amide bonds. The van der Waals surface area contributed by atoms with E-state index >= 15 is 0 Å². The van der Waals surface area contributed by atoms with E-state index in [9.17, 15) is 46.8 Å². The number of halogens is 2. The zero-order valence-corrected chi connectivity index (χ0v) is 76.9. The van der Waals surface area contributed by atoms with E-state index in [1.807, 2.05) is 83.1 Å². The minimum absolute atomic E-state index is 0. The van der Waals surface area contributed by atoms with E-state index in [4.69, 9.17) is 24.3 Å². The number of aromatic amines is 1. The van der Waals surface area contributed by atoms with Gasteiger partial charge in [0.2, 0.25) is 9.23 Å². The van der Waals surface area contributed by atoms with E-state index in [2.05, 4.69) is 80.1 Å². The van der Waals surface area contributed by atoms with Crippen molar-refractivity contribution in [1.29, 1.82) is 0 Å². The Morgan fingerprint density at radius 3 is 1.14 bits per heavy atom. The van der Waals surface area contributed by atoms with Gasteiger partial charge in [-0.15, -0.1) is 68.0 Å². The molecule has 1 fully saturated rings. The summed E-state index contributed by atoms with van der Waals surface area (Å²) in [5.74, 6) is -1.00. The number of carboxylic acid groups (broad SMARTS) is 1. The average molecular weight is 1830 g/mol. The molecule has 0 bridgehead atoms. The zero-order chi connectivity index (χ0) is 86.6. The van der Waals surface area contributed by atoms with Crippen molar-refractivity contribution in [3.8, 4) is 0 Å². The van der Waals surface area contributed by atoms with Gasteiger partial charge < -0.3 is 39.9 Å². The predicted molar refractivity (Wildman–Crippen MR) is 465 cm³/mol. The van der Waals surface area contributed by atoms with Crippen molar-refractivity contribution in [1.82, 2.24) is 86.4 Å². The normalized spacial score (nSPS) is 11.2. The third-order valence-electron chi connectivity index (χ3n) is 16.1. The smallest absolute Gasteiger partial charge is 1.00 e. The van der Waals surface area contributed by atoms with Crippen LogP contribution >= 0.6 is 89.4 Å². The fourth-order valence-electron chi connectivity index (χ4n) is 10.8. The van der Waals surface area contributed by atoms with Crippen molar-refractivity contribution in [2.24, 2.45) is 42.3 Å². The van der Waals surface area contributed by atoms with Crippen molar-refractivity contribution in [2.75, 3.05) is 46.9 Å². The van der Waals surface area contributed by atoms with Gasteiger partial charge in [-0.05, 0) is 95.9 Å². The van der Waals surface area contributed by atoms with Gasteiger partial charge in [-0.2, -0.15) is 8.42 Å². The molecule has 640 valence electrons. The van der Waals surface area contributed by atoms with Crippen LogP contribution in [0, 0.1) is 83.1 Å². The Hall–Kier alpha value is -7.18. The van der Waals surface area contributed by atoms with Crippen LogP contribution in [0.3, 0.4) is 0 Å². The second-order valence-corrected chi connectivity index (χ2v) is 36.9. The van der Waals surface area contributed by atoms with Crippen LogP contribution in [-0.2, 0) is 136 Å². The number of aromatic nitrogens is 18. The molecule has 1 aliphatic rings. The van der Waals surface area contributed by atoms with E-state index in [0.717, 1.165) is 122 Å². The van der Waals surface area contributed by atoms with Crippen molar-refractivity contribution >= 4 is 172 Å². The predicted octanol–water partition coefficient (Wildman–Crippen LogP) is 3.28. The number of rotatable bonds is 16. The molecule has 4 N–H and O–H groups in total. The summed E-state index contributed by atoms with van der Waals surface area (Å²) >= 11 is 9.45. The maximum absolute atomic E-state index is 12.6. The molecule has 1 aliphatic heterocycles. The largest absolute Gasteiger partial charge is 1.00 e. The summed E-state index contributed by atoms with van der Waals surface area (Å²) in [5, 5.41) is 30.1. The Bertz CT molecular complexity index is 5620. The number of hydrogen-bond donors (Lipinski definition) is 4. The fraction of sp³-hybridized carbons (Fsp3) is 0.500. The Morgan fingerprint density at radius 2 is 0.846 bits per heavy atom. The van der Waals surface area contributed by atoms with Gasteiger partial charge >= 0.3 is 47.9 Å². The van der Waals surface area contributed by atoms with Crippen LogP contribution in [0.15, 0.2) is 47.7 Å². The number of aliphatic hydroxyl groups is 2. The number of methoxy groups -OCH3 is 1. The van der Waals surface area contributed by atoms with Crippen molar-refractivity contribution in [3.63, 3.8) is 0 Å². The number of aliphatic carboxylic acids is 1. The minimum atomic E-state index is -3.32. The first-order valence-corrected chi connectivity index (χ1v) is 44.4. The number of imidazole rings is 3. The molecule has 0 saturated carbocycles. The molecule has 1 saturated heterocycles. The average Bonchev–Trinajstić information content (AvgIpc) is 1.59. The molecule has 12 aromatic heterocycles. The van der Waals surface area contributed by atoms with Gasteiger partial charge in [-0.1, -0.05) is 0 Å². The number of carboxylic acids is 1. The number of aliphatic hydroxyl groups excluding tert-OH is 2. The number of H-pyrrole nitrogens is 1. The van der Waals surface area contributed by atoms with Crippen LogP contribution in [0.4, 0.5) is 0 Å². The molecule has 13 heterocycles. The second-order valence-electron chi connectivity index (χ2n) is 25.0. The van der Waals surface area contributed by atoms with Crippen molar-refractivity contribution in [2.45, 2.75) is 148 Å². The molecule has 0 aromatic carbocycles. The van der Waals surface area contributed by atoms with Crippen LogP contribution in [0.2, 0.25) is 0 Å². The molecule has 117 heavy (non-hydrogen) atoms. The van der Waals surface area contributed by atoms with Gasteiger partial charge in [0.1, 0.15) is 0 Å². The monoisotopic (exact) mass is 1830 g/mol. The standard InChI is InChI=1S/2C14H17N5O2S.C8H13NO3S2.C8H11NO2S.C7H8N4O2.C7H9NO2S.C7H11NOS.C4H8O.CH4O.Al.Cl2OS.Li.4H/c2*1-8-10(22-9(2)16-8)5-6-19-13(20)11-12(15-7-17(11)3)18(4)14(19)21;1-6-8(13-7(2)9-6)4-5-12-14(3,10)11;1-5-7(4-8(10)11-3)12-6(2)9-5;1-10-3-8-5-4(10)6(12)9-7(13)11(5)2;1-4-6(3-7(9)10)11-5(2)8-4;1-5-7(3-4-9)10-6(2)8-5;1-2-4-5-3-1;1-2;;1-4(2)3;;;;;/h2*7H,5-6H2,1-4H3;4-5H2,1-3H3;4H2,1-3H3;3H,1-2H3,(H,9,12,13);3H2,1-2H3,(H,9,10);9H,3-4H2,1-2H3;1-4H2;2H,1H3;;;;;;;/q;;;;;;;;;;;+1;;;;-1. The number of thiazole rings is 6. The maximum atomic E-state index is 12.6. The SMILES string of the molecule is C1CCOC1.CO.COC(=O)Cc1sc(C)nc1C.Cc1nc(C)c(CC(=O)O)s1.Cc1nc(C)c(CCO)s1.Cc1nc(C)c(CCOS(C)(=O)=O)s1.Cc1nc(C)c(CCn2c(=O)c3c(ncn3C)n(C)c2=O)s1.Cc1nc(C)c(CCn2c(=O)c3c(ncn3C)n(C)c2=O)s1.Cn1cnc2c1c(=O)[nH]c(=O)n2C.O=S(Cl)Cl.[AlH3].[H-].[Li+]. The molecular formula is C70H102AlCl2LiN18O17S8. The summed E-state index contributed by atoms with van der Waals surface area (Å²) in [6.45, 7) is 26.3. The van der Waals surface area contributed by atoms with Crippen LogP contribution in [0.5, 0.6) is 0 Å². The third-order valence-corrected chi connectivity index (χ3v) is 23.4. The number of nitrogens with one attached hydrogen (secondary N) is 1. The van der Waals surface area contributed by atoms with Crippen molar-refractivity contribution in [3.05, 3.63) is 175 Å². The van der Waals surface area contributed by atoms with E-state index in [1.54, 1.807) is 125 Å². The summed E-state index contributed by atoms with van der Waals surface area (Å²) in [4.78, 5) is 140.